The average molecular weight is 302 g/mol. The van der Waals surface area contributed by atoms with Crippen molar-refractivity contribution in [2.24, 2.45) is 0 Å². The SMILES string of the molecule is Cc1cccc(-c2noc(CNC(=O)N3CCOCC3)n2)c1. The zero-order valence-corrected chi connectivity index (χ0v) is 12.4. The molecule has 0 saturated carbocycles. The molecule has 1 aliphatic rings. The van der Waals surface area contributed by atoms with Crippen LogP contribution in [0.4, 0.5) is 4.79 Å². The van der Waals surface area contributed by atoms with Crippen molar-refractivity contribution in [2.45, 2.75) is 13.5 Å². The summed E-state index contributed by atoms with van der Waals surface area (Å²) in [6.45, 7) is 4.58. The van der Waals surface area contributed by atoms with E-state index in [4.69, 9.17) is 9.26 Å². The maximum Gasteiger partial charge on any atom is 0.317 e. The van der Waals surface area contributed by atoms with Crippen LogP contribution in [0.5, 0.6) is 0 Å². The van der Waals surface area contributed by atoms with Gasteiger partial charge in [0.15, 0.2) is 0 Å². The number of nitrogens with zero attached hydrogens (tertiary/aromatic N) is 3. The summed E-state index contributed by atoms with van der Waals surface area (Å²) >= 11 is 0. The van der Waals surface area contributed by atoms with Crippen LogP contribution >= 0.6 is 0 Å². The number of carbonyl (C=O) groups excluding carboxylic acids is 1. The Labute approximate surface area is 128 Å². The Bertz CT molecular complexity index is 650. The highest BCUT2D eigenvalue weighted by atomic mass is 16.5. The molecule has 1 saturated heterocycles. The largest absolute Gasteiger partial charge is 0.378 e. The summed E-state index contributed by atoms with van der Waals surface area (Å²) in [7, 11) is 0. The van der Waals surface area contributed by atoms with Crippen LogP contribution in [-0.2, 0) is 11.3 Å². The van der Waals surface area contributed by atoms with E-state index in [1.807, 2.05) is 31.2 Å². The van der Waals surface area contributed by atoms with E-state index in [0.29, 0.717) is 38.0 Å². The van der Waals surface area contributed by atoms with E-state index < -0.39 is 0 Å². The van der Waals surface area contributed by atoms with Gasteiger partial charge in [-0.3, -0.25) is 0 Å². The number of hydrogen-bond acceptors (Lipinski definition) is 5. The van der Waals surface area contributed by atoms with Gasteiger partial charge in [-0.1, -0.05) is 28.9 Å². The molecule has 116 valence electrons. The first-order valence-corrected chi connectivity index (χ1v) is 7.22. The molecule has 0 unspecified atom stereocenters. The molecule has 1 fully saturated rings. The van der Waals surface area contributed by atoms with E-state index in [2.05, 4.69) is 15.5 Å². The predicted molar refractivity (Wildman–Crippen MR) is 79.1 cm³/mol. The summed E-state index contributed by atoms with van der Waals surface area (Å²) in [4.78, 5) is 18.0. The van der Waals surface area contributed by atoms with E-state index in [0.717, 1.165) is 11.1 Å². The third-order valence-electron chi connectivity index (χ3n) is 3.43. The molecule has 1 aromatic heterocycles. The van der Waals surface area contributed by atoms with Crippen LogP contribution in [0.25, 0.3) is 11.4 Å². The number of amides is 2. The third-order valence-corrected chi connectivity index (χ3v) is 3.43. The smallest absolute Gasteiger partial charge is 0.317 e. The molecule has 7 nitrogen and oxygen atoms in total. The van der Waals surface area contributed by atoms with E-state index >= 15 is 0 Å². The lowest BCUT2D eigenvalue weighted by Gasteiger charge is -2.26. The summed E-state index contributed by atoms with van der Waals surface area (Å²) in [5.74, 6) is 0.914. The highest BCUT2D eigenvalue weighted by molar-refractivity contribution is 5.74. The molecule has 0 bridgehead atoms. The summed E-state index contributed by atoms with van der Waals surface area (Å²) in [6.07, 6.45) is 0. The molecule has 2 heterocycles. The van der Waals surface area contributed by atoms with Gasteiger partial charge < -0.3 is 19.5 Å². The van der Waals surface area contributed by atoms with Gasteiger partial charge in [-0.15, -0.1) is 0 Å². The molecule has 0 atom stereocenters. The summed E-state index contributed by atoms with van der Waals surface area (Å²) in [5, 5.41) is 6.73. The first-order valence-electron chi connectivity index (χ1n) is 7.22. The van der Waals surface area contributed by atoms with Crippen LogP contribution in [0, 0.1) is 6.92 Å². The van der Waals surface area contributed by atoms with Gasteiger partial charge in [-0.2, -0.15) is 4.98 Å². The van der Waals surface area contributed by atoms with Crippen LogP contribution < -0.4 is 5.32 Å². The maximum absolute atomic E-state index is 12.0. The van der Waals surface area contributed by atoms with Crippen LogP contribution in [-0.4, -0.2) is 47.4 Å². The number of morpholine rings is 1. The standard InChI is InChI=1S/C15H18N4O3/c1-11-3-2-4-12(9-11)14-17-13(22-18-14)10-16-15(20)19-5-7-21-8-6-19/h2-4,9H,5-8,10H2,1H3,(H,16,20). The molecule has 3 rings (SSSR count). The number of urea groups is 1. The fourth-order valence-corrected chi connectivity index (χ4v) is 2.26. The Hall–Kier alpha value is -2.41. The van der Waals surface area contributed by atoms with Crippen LogP contribution in [0.1, 0.15) is 11.5 Å². The lowest BCUT2D eigenvalue weighted by Crippen LogP contribution is -2.45. The molecular weight excluding hydrogens is 284 g/mol. The number of carbonyl (C=O) groups is 1. The second kappa shape index (κ2) is 6.57. The minimum atomic E-state index is -0.140. The zero-order valence-electron chi connectivity index (χ0n) is 12.4. The number of benzene rings is 1. The second-order valence-electron chi connectivity index (χ2n) is 5.14. The Morgan fingerprint density at radius 1 is 1.36 bits per heavy atom. The minimum absolute atomic E-state index is 0.140. The lowest BCUT2D eigenvalue weighted by molar-refractivity contribution is 0.0529. The first kappa shape index (κ1) is 14.5. The average Bonchev–Trinajstić information content (AvgIpc) is 3.02. The normalized spacial score (nSPS) is 14.9. The highest BCUT2D eigenvalue weighted by Gasteiger charge is 2.17. The van der Waals surface area contributed by atoms with Crippen LogP contribution in [0.2, 0.25) is 0 Å². The van der Waals surface area contributed by atoms with Gasteiger partial charge in [0.2, 0.25) is 11.7 Å². The lowest BCUT2D eigenvalue weighted by atomic mass is 10.1. The van der Waals surface area contributed by atoms with Gasteiger partial charge >= 0.3 is 6.03 Å². The molecule has 1 aliphatic heterocycles. The third kappa shape index (κ3) is 3.43. The van der Waals surface area contributed by atoms with Crippen molar-refractivity contribution in [3.8, 4) is 11.4 Å². The van der Waals surface area contributed by atoms with Crippen molar-refractivity contribution >= 4 is 6.03 Å². The molecule has 7 heteroatoms. The Kier molecular flexibility index (Phi) is 4.34. The van der Waals surface area contributed by atoms with Gasteiger partial charge in [0, 0.05) is 18.7 Å². The van der Waals surface area contributed by atoms with Crippen molar-refractivity contribution in [1.29, 1.82) is 0 Å². The Balaban J connectivity index is 1.59. The second-order valence-corrected chi connectivity index (χ2v) is 5.14. The van der Waals surface area contributed by atoms with Crippen LogP contribution in [0.15, 0.2) is 28.8 Å². The van der Waals surface area contributed by atoms with Crippen molar-refractivity contribution in [3.63, 3.8) is 0 Å². The quantitative estimate of drug-likeness (QED) is 0.931. The molecule has 0 aliphatic carbocycles. The summed E-state index contributed by atoms with van der Waals surface area (Å²) in [6, 6.07) is 7.72. The Morgan fingerprint density at radius 2 is 2.18 bits per heavy atom. The molecule has 1 aromatic carbocycles. The molecule has 0 radical (unpaired) electrons. The van der Waals surface area contributed by atoms with E-state index in [-0.39, 0.29) is 12.6 Å². The van der Waals surface area contributed by atoms with Crippen molar-refractivity contribution in [3.05, 3.63) is 35.7 Å². The number of nitrogens with one attached hydrogen (secondary N) is 1. The monoisotopic (exact) mass is 302 g/mol. The fraction of sp³-hybridized carbons (Fsp3) is 0.400. The highest BCUT2D eigenvalue weighted by Crippen LogP contribution is 2.16. The van der Waals surface area contributed by atoms with Gasteiger partial charge in [0.05, 0.1) is 19.8 Å². The van der Waals surface area contributed by atoms with Gasteiger partial charge in [-0.25, -0.2) is 4.79 Å². The predicted octanol–water partition coefficient (Wildman–Crippen LogP) is 1.59. The number of aryl methyl sites for hydroxylation is 1. The van der Waals surface area contributed by atoms with Crippen molar-refractivity contribution in [1.82, 2.24) is 20.4 Å². The number of rotatable bonds is 3. The molecule has 0 spiro atoms. The van der Waals surface area contributed by atoms with Gasteiger partial charge in [0.1, 0.15) is 0 Å². The minimum Gasteiger partial charge on any atom is -0.378 e. The topological polar surface area (TPSA) is 80.5 Å². The molecule has 2 amide bonds. The Morgan fingerprint density at radius 3 is 2.95 bits per heavy atom. The van der Waals surface area contributed by atoms with Crippen molar-refractivity contribution < 1.29 is 14.1 Å². The number of ether oxygens (including phenoxy) is 1. The van der Waals surface area contributed by atoms with E-state index in [1.165, 1.54) is 0 Å². The zero-order chi connectivity index (χ0) is 15.4. The first-order chi connectivity index (χ1) is 10.7. The van der Waals surface area contributed by atoms with E-state index in [1.54, 1.807) is 4.90 Å². The maximum atomic E-state index is 12.0. The fourth-order valence-electron chi connectivity index (χ4n) is 2.26. The van der Waals surface area contributed by atoms with E-state index in [9.17, 15) is 4.79 Å². The van der Waals surface area contributed by atoms with Gasteiger partial charge in [-0.05, 0) is 13.0 Å². The number of aromatic nitrogens is 2. The summed E-state index contributed by atoms with van der Waals surface area (Å²) in [5.41, 5.74) is 2.03. The molecule has 2 aromatic rings. The molecular formula is C15H18N4O3. The van der Waals surface area contributed by atoms with Crippen LogP contribution in [0.3, 0.4) is 0 Å². The van der Waals surface area contributed by atoms with Crippen molar-refractivity contribution in [2.75, 3.05) is 26.3 Å². The number of hydrogen-bond donors (Lipinski definition) is 1. The molecule has 22 heavy (non-hydrogen) atoms. The van der Waals surface area contributed by atoms with Gasteiger partial charge in [0.25, 0.3) is 0 Å². The summed E-state index contributed by atoms with van der Waals surface area (Å²) < 4.78 is 10.4. The molecule has 1 N–H and O–H groups in total.